The van der Waals surface area contributed by atoms with Gasteiger partial charge < -0.3 is 10.6 Å². The van der Waals surface area contributed by atoms with Crippen molar-refractivity contribution in [1.29, 1.82) is 0 Å². The number of primary amides is 1. The van der Waals surface area contributed by atoms with Gasteiger partial charge in [0.25, 0.3) is 5.91 Å². The first-order valence-corrected chi connectivity index (χ1v) is 5.56. The molecule has 96 valence electrons. The van der Waals surface area contributed by atoms with Crippen LogP contribution in [0.1, 0.15) is 23.2 Å². The standard InChI is InChI=1S/C12H12F2N2O2/c13-7-3-4-8(9(14)6-7)12(18)16-5-1-2-10(16)11(15)17/h3-4,6,10H,1-2,5H2,(H2,15,17). The molecule has 1 heterocycles. The fraction of sp³-hybridized carbons (Fsp3) is 0.333. The minimum Gasteiger partial charge on any atom is -0.368 e. The number of rotatable bonds is 2. The maximum absolute atomic E-state index is 13.5. The molecule has 0 saturated carbocycles. The number of nitrogens with two attached hydrogens (primary N) is 1. The Kier molecular flexibility index (Phi) is 3.27. The first-order chi connectivity index (χ1) is 8.50. The summed E-state index contributed by atoms with van der Waals surface area (Å²) < 4.78 is 26.2. The maximum atomic E-state index is 13.5. The van der Waals surface area contributed by atoms with Crippen LogP contribution in [0.3, 0.4) is 0 Å². The van der Waals surface area contributed by atoms with Crippen LogP contribution < -0.4 is 5.73 Å². The highest BCUT2D eigenvalue weighted by molar-refractivity contribution is 5.97. The molecule has 1 atom stereocenters. The Morgan fingerprint density at radius 1 is 1.33 bits per heavy atom. The molecular weight excluding hydrogens is 242 g/mol. The summed E-state index contributed by atoms with van der Waals surface area (Å²) in [6.45, 7) is 0.350. The lowest BCUT2D eigenvalue weighted by Gasteiger charge is -2.22. The van der Waals surface area contributed by atoms with Gasteiger partial charge in [-0.05, 0) is 25.0 Å². The minimum absolute atomic E-state index is 0.246. The molecule has 4 nitrogen and oxygen atoms in total. The van der Waals surface area contributed by atoms with E-state index in [-0.39, 0.29) is 5.56 Å². The van der Waals surface area contributed by atoms with Crippen LogP contribution in [0.5, 0.6) is 0 Å². The Balaban J connectivity index is 2.28. The van der Waals surface area contributed by atoms with Gasteiger partial charge in [-0.2, -0.15) is 0 Å². The summed E-state index contributed by atoms with van der Waals surface area (Å²) in [7, 11) is 0. The van der Waals surface area contributed by atoms with Crippen LogP contribution in [0.2, 0.25) is 0 Å². The number of hydrogen-bond acceptors (Lipinski definition) is 2. The lowest BCUT2D eigenvalue weighted by atomic mass is 10.1. The van der Waals surface area contributed by atoms with Gasteiger partial charge in [0.15, 0.2) is 0 Å². The summed E-state index contributed by atoms with van der Waals surface area (Å²) in [5.41, 5.74) is 4.93. The second-order valence-corrected chi connectivity index (χ2v) is 4.18. The highest BCUT2D eigenvalue weighted by Crippen LogP contribution is 2.21. The van der Waals surface area contributed by atoms with E-state index < -0.39 is 29.5 Å². The summed E-state index contributed by atoms with van der Waals surface area (Å²) in [4.78, 5) is 24.4. The molecule has 1 aromatic carbocycles. The Hall–Kier alpha value is -1.98. The summed E-state index contributed by atoms with van der Waals surface area (Å²) in [6.07, 6.45) is 1.12. The minimum atomic E-state index is -0.935. The van der Waals surface area contributed by atoms with Crippen molar-refractivity contribution in [1.82, 2.24) is 4.90 Å². The zero-order chi connectivity index (χ0) is 13.3. The lowest BCUT2D eigenvalue weighted by Crippen LogP contribution is -2.43. The highest BCUT2D eigenvalue weighted by Gasteiger charge is 2.34. The van der Waals surface area contributed by atoms with E-state index in [1.165, 1.54) is 4.90 Å². The number of carbonyl (C=O) groups is 2. The van der Waals surface area contributed by atoms with E-state index in [1.807, 2.05) is 0 Å². The van der Waals surface area contributed by atoms with Crippen LogP contribution >= 0.6 is 0 Å². The quantitative estimate of drug-likeness (QED) is 0.857. The molecule has 0 radical (unpaired) electrons. The number of carbonyl (C=O) groups excluding carboxylic acids is 2. The van der Waals surface area contributed by atoms with E-state index in [0.29, 0.717) is 25.5 Å². The van der Waals surface area contributed by atoms with Gasteiger partial charge in [-0.15, -0.1) is 0 Å². The zero-order valence-corrected chi connectivity index (χ0v) is 9.53. The predicted octanol–water partition coefficient (Wildman–Crippen LogP) is 1.05. The van der Waals surface area contributed by atoms with Gasteiger partial charge in [-0.1, -0.05) is 0 Å². The third-order valence-corrected chi connectivity index (χ3v) is 3.00. The Bertz CT molecular complexity index is 505. The van der Waals surface area contributed by atoms with Gasteiger partial charge in [0.05, 0.1) is 5.56 Å². The molecule has 1 aliphatic rings. The molecule has 0 aliphatic carbocycles. The SMILES string of the molecule is NC(=O)C1CCCN1C(=O)c1ccc(F)cc1F. The van der Waals surface area contributed by atoms with Crippen molar-refractivity contribution in [3.63, 3.8) is 0 Å². The molecule has 0 aromatic heterocycles. The van der Waals surface area contributed by atoms with E-state index in [2.05, 4.69) is 0 Å². The van der Waals surface area contributed by atoms with Gasteiger partial charge in [-0.25, -0.2) is 8.78 Å². The van der Waals surface area contributed by atoms with Crippen molar-refractivity contribution in [3.05, 3.63) is 35.4 Å². The van der Waals surface area contributed by atoms with Gasteiger partial charge in [-0.3, -0.25) is 9.59 Å². The molecule has 1 fully saturated rings. The molecule has 0 spiro atoms. The molecule has 18 heavy (non-hydrogen) atoms. The van der Waals surface area contributed by atoms with Crippen molar-refractivity contribution in [2.45, 2.75) is 18.9 Å². The smallest absolute Gasteiger partial charge is 0.257 e. The summed E-state index contributed by atoms with van der Waals surface area (Å²) in [5, 5.41) is 0. The maximum Gasteiger partial charge on any atom is 0.257 e. The molecule has 1 aromatic rings. The van der Waals surface area contributed by atoms with Crippen molar-refractivity contribution >= 4 is 11.8 Å². The molecule has 0 bridgehead atoms. The largest absolute Gasteiger partial charge is 0.368 e. The molecule has 2 rings (SSSR count). The summed E-state index contributed by atoms with van der Waals surface area (Å²) >= 11 is 0. The first kappa shape index (κ1) is 12.5. The fourth-order valence-corrected chi connectivity index (χ4v) is 2.12. The summed E-state index contributed by atoms with van der Waals surface area (Å²) in [6, 6.07) is 2.01. The van der Waals surface area contributed by atoms with Crippen LogP contribution in [0, 0.1) is 11.6 Å². The predicted molar refractivity (Wildman–Crippen MR) is 59.6 cm³/mol. The number of amides is 2. The Labute approximate surface area is 102 Å². The third-order valence-electron chi connectivity index (χ3n) is 3.00. The van der Waals surface area contributed by atoms with Gasteiger partial charge in [0.1, 0.15) is 17.7 Å². The monoisotopic (exact) mass is 254 g/mol. The lowest BCUT2D eigenvalue weighted by molar-refractivity contribution is -0.121. The Morgan fingerprint density at radius 3 is 2.67 bits per heavy atom. The number of benzene rings is 1. The average molecular weight is 254 g/mol. The van der Waals surface area contributed by atoms with Crippen molar-refractivity contribution in [3.8, 4) is 0 Å². The van der Waals surface area contributed by atoms with Crippen LogP contribution in [0.4, 0.5) is 8.78 Å². The zero-order valence-electron chi connectivity index (χ0n) is 9.53. The first-order valence-electron chi connectivity index (χ1n) is 5.56. The topological polar surface area (TPSA) is 63.4 Å². The number of nitrogens with zero attached hydrogens (tertiary/aromatic N) is 1. The highest BCUT2D eigenvalue weighted by atomic mass is 19.1. The average Bonchev–Trinajstić information content (AvgIpc) is 2.77. The molecule has 2 N–H and O–H groups in total. The molecular formula is C12H12F2N2O2. The van der Waals surface area contributed by atoms with E-state index in [0.717, 1.165) is 12.1 Å². The number of likely N-dealkylation sites (tertiary alicyclic amines) is 1. The number of hydrogen-bond donors (Lipinski definition) is 1. The molecule has 1 unspecified atom stereocenters. The fourth-order valence-electron chi connectivity index (χ4n) is 2.12. The van der Waals surface area contributed by atoms with Crippen molar-refractivity contribution in [2.24, 2.45) is 5.73 Å². The van der Waals surface area contributed by atoms with E-state index in [4.69, 9.17) is 5.73 Å². The molecule has 1 aliphatic heterocycles. The van der Waals surface area contributed by atoms with Crippen LogP contribution in [0.25, 0.3) is 0 Å². The van der Waals surface area contributed by atoms with Gasteiger partial charge in [0.2, 0.25) is 5.91 Å². The Morgan fingerprint density at radius 2 is 2.06 bits per heavy atom. The van der Waals surface area contributed by atoms with Crippen molar-refractivity contribution in [2.75, 3.05) is 6.54 Å². The second-order valence-electron chi connectivity index (χ2n) is 4.18. The van der Waals surface area contributed by atoms with Crippen molar-refractivity contribution < 1.29 is 18.4 Å². The van der Waals surface area contributed by atoms with Crippen LogP contribution in [0.15, 0.2) is 18.2 Å². The van der Waals surface area contributed by atoms with Crippen LogP contribution in [-0.4, -0.2) is 29.3 Å². The van der Waals surface area contributed by atoms with E-state index in [1.54, 1.807) is 0 Å². The molecule has 6 heteroatoms. The van der Waals surface area contributed by atoms with Gasteiger partial charge >= 0.3 is 0 Å². The normalized spacial score (nSPS) is 19.0. The molecule has 1 saturated heterocycles. The summed E-state index contributed by atoms with van der Waals surface area (Å²) in [5.74, 6) is -2.93. The number of halogens is 2. The van der Waals surface area contributed by atoms with E-state index >= 15 is 0 Å². The van der Waals surface area contributed by atoms with E-state index in [9.17, 15) is 18.4 Å². The van der Waals surface area contributed by atoms with Crippen LogP contribution in [-0.2, 0) is 4.79 Å². The second kappa shape index (κ2) is 4.72. The molecule has 2 amide bonds. The van der Waals surface area contributed by atoms with Gasteiger partial charge in [0, 0.05) is 12.6 Å². The third kappa shape index (κ3) is 2.18.